The second kappa shape index (κ2) is 4.34. The van der Waals surface area contributed by atoms with Crippen molar-refractivity contribution in [3.63, 3.8) is 0 Å². The molecule has 3 aromatic heterocycles. The molecule has 0 spiro atoms. The van der Waals surface area contributed by atoms with E-state index in [4.69, 9.17) is 16.9 Å². The Labute approximate surface area is 113 Å². The van der Waals surface area contributed by atoms with Crippen molar-refractivity contribution in [3.8, 4) is 6.07 Å². The van der Waals surface area contributed by atoms with Gasteiger partial charge in [0.15, 0.2) is 5.15 Å². The van der Waals surface area contributed by atoms with Crippen LogP contribution in [-0.4, -0.2) is 19.5 Å². The molecule has 0 unspecified atom stereocenters. The first-order valence-corrected chi connectivity index (χ1v) is 5.92. The molecule has 6 heteroatoms. The van der Waals surface area contributed by atoms with Crippen molar-refractivity contribution in [2.24, 2.45) is 0 Å². The third kappa shape index (κ3) is 1.65. The monoisotopic (exact) mass is 269 g/mol. The lowest BCUT2D eigenvalue weighted by atomic mass is 10.2. The van der Waals surface area contributed by atoms with Crippen molar-refractivity contribution in [1.29, 1.82) is 5.26 Å². The second-order valence-corrected chi connectivity index (χ2v) is 4.29. The van der Waals surface area contributed by atoms with Gasteiger partial charge in [0.25, 0.3) is 0 Å². The van der Waals surface area contributed by atoms with E-state index in [1.54, 1.807) is 16.8 Å². The first-order chi connectivity index (χ1) is 9.26. The van der Waals surface area contributed by atoms with E-state index in [-0.39, 0.29) is 6.54 Å². The molecule has 5 nitrogen and oxygen atoms in total. The van der Waals surface area contributed by atoms with Gasteiger partial charge in [0, 0.05) is 5.39 Å². The Morgan fingerprint density at radius 1 is 1.42 bits per heavy atom. The molecule has 92 valence electrons. The summed E-state index contributed by atoms with van der Waals surface area (Å²) in [6.07, 6.45) is 4.77. The van der Waals surface area contributed by atoms with Crippen LogP contribution >= 0.6 is 11.6 Å². The van der Waals surface area contributed by atoms with Gasteiger partial charge in [0.1, 0.15) is 23.9 Å². The zero-order chi connectivity index (χ0) is 13.4. The summed E-state index contributed by atoms with van der Waals surface area (Å²) in [5.41, 5.74) is 2.93. The van der Waals surface area contributed by atoms with Crippen molar-refractivity contribution in [2.45, 2.75) is 6.54 Å². The van der Waals surface area contributed by atoms with E-state index in [0.717, 1.165) is 22.1 Å². The van der Waals surface area contributed by atoms with Crippen LogP contribution in [0, 0.1) is 11.3 Å². The van der Waals surface area contributed by atoms with Crippen molar-refractivity contribution in [1.82, 2.24) is 19.5 Å². The zero-order valence-electron chi connectivity index (χ0n) is 9.84. The van der Waals surface area contributed by atoms with Crippen LogP contribution in [0.2, 0.25) is 5.15 Å². The van der Waals surface area contributed by atoms with Gasteiger partial charge in [0.05, 0.1) is 23.5 Å². The van der Waals surface area contributed by atoms with Crippen LogP contribution < -0.4 is 0 Å². The molecule has 3 rings (SSSR count). The third-order valence-electron chi connectivity index (χ3n) is 2.94. The summed E-state index contributed by atoms with van der Waals surface area (Å²) in [5.74, 6) is 0. The highest BCUT2D eigenvalue weighted by Crippen LogP contribution is 2.30. The summed E-state index contributed by atoms with van der Waals surface area (Å²) in [4.78, 5) is 12.5. The Hall–Kier alpha value is -2.45. The molecule has 0 atom stereocenters. The van der Waals surface area contributed by atoms with Crippen LogP contribution in [0.3, 0.4) is 0 Å². The molecular weight excluding hydrogens is 262 g/mol. The number of rotatable bonds is 2. The van der Waals surface area contributed by atoms with E-state index in [0.29, 0.717) is 10.7 Å². The summed E-state index contributed by atoms with van der Waals surface area (Å²) in [7, 11) is 0. The predicted molar refractivity (Wildman–Crippen MR) is 73.5 cm³/mol. The fourth-order valence-corrected chi connectivity index (χ4v) is 2.36. The lowest BCUT2D eigenvalue weighted by molar-refractivity contribution is 0.902. The van der Waals surface area contributed by atoms with Crippen LogP contribution in [0.15, 0.2) is 25.2 Å². The maximum absolute atomic E-state index is 8.96. The van der Waals surface area contributed by atoms with Gasteiger partial charge in [-0.05, 0) is 12.1 Å². The Morgan fingerprint density at radius 3 is 3.00 bits per heavy atom. The highest BCUT2D eigenvalue weighted by molar-refractivity contribution is 6.34. The zero-order valence-corrected chi connectivity index (χ0v) is 10.6. The Balaban J connectivity index is 2.54. The summed E-state index contributed by atoms with van der Waals surface area (Å²) in [6.45, 7) is 3.87. The quantitative estimate of drug-likeness (QED) is 0.671. The molecular formula is C13H8ClN5. The standard InChI is InChI=1S/C13H8ClN5/c1-2-8-5-9-10(6-16-8)19(4-3-15)12-11(9)17-7-18-13(12)14/h2,5-7H,1,4H2. The lowest BCUT2D eigenvalue weighted by Crippen LogP contribution is -1.96. The minimum absolute atomic E-state index is 0.169. The van der Waals surface area contributed by atoms with Gasteiger partial charge in [-0.25, -0.2) is 9.97 Å². The number of aromatic nitrogens is 4. The average molecular weight is 270 g/mol. The first-order valence-electron chi connectivity index (χ1n) is 5.54. The van der Waals surface area contributed by atoms with Gasteiger partial charge < -0.3 is 4.57 Å². The molecule has 0 saturated heterocycles. The molecule has 3 aromatic rings. The number of hydrogen-bond donors (Lipinski definition) is 0. The molecule has 19 heavy (non-hydrogen) atoms. The van der Waals surface area contributed by atoms with Gasteiger partial charge in [-0.15, -0.1) is 0 Å². The topological polar surface area (TPSA) is 67.4 Å². The molecule has 0 aliphatic heterocycles. The molecule has 0 aromatic carbocycles. The van der Waals surface area contributed by atoms with E-state index < -0.39 is 0 Å². The molecule has 0 aliphatic carbocycles. The third-order valence-corrected chi connectivity index (χ3v) is 3.21. The normalized spacial score (nSPS) is 10.7. The molecule has 0 aliphatic rings. The van der Waals surface area contributed by atoms with E-state index in [9.17, 15) is 0 Å². The molecule has 0 N–H and O–H groups in total. The summed E-state index contributed by atoms with van der Waals surface area (Å²) < 4.78 is 1.77. The smallest absolute Gasteiger partial charge is 0.156 e. The van der Waals surface area contributed by atoms with Crippen molar-refractivity contribution >= 4 is 39.6 Å². The van der Waals surface area contributed by atoms with E-state index in [1.165, 1.54) is 6.33 Å². The summed E-state index contributed by atoms with van der Waals surface area (Å²) in [6, 6.07) is 3.99. The number of nitriles is 1. The van der Waals surface area contributed by atoms with Crippen LogP contribution in [0.4, 0.5) is 0 Å². The highest BCUT2D eigenvalue weighted by atomic mass is 35.5. The fraction of sp³-hybridized carbons (Fsp3) is 0.0769. The van der Waals surface area contributed by atoms with Gasteiger partial charge in [0.2, 0.25) is 0 Å². The Morgan fingerprint density at radius 2 is 2.26 bits per heavy atom. The first kappa shape index (κ1) is 11.6. The van der Waals surface area contributed by atoms with Crippen molar-refractivity contribution in [3.05, 3.63) is 36.0 Å². The molecule has 0 bridgehead atoms. The maximum Gasteiger partial charge on any atom is 0.156 e. The van der Waals surface area contributed by atoms with E-state index in [2.05, 4.69) is 27.6 Å². The minimum Gasteiger partial charge on any atom is -0.321 e. The maximum atomic E-state index is 8.96. The molecule has 0 amide bonds. The van der Waals surface area contributed by atoms with Crippen LogP contribution in [-0.2, 0) is 6.54 Å². The van der Waals surface area contributed by atoms with E-state index >= 15 is 0 Å². The van der Waals surface area contributed by atoms with Crippen LogP contribution in [0.25, 0.3) is 28.0 Å². The fourth-order valence-electron chi connectivity index (χ4n) is 2.13. The largest absolute Gasteiger partial charge is 0.321 e. The molecule has 0 saturated carbocycles. The van der Waals surface area contributed by atoms with Gasteiger partial charge in [-0.3, -0.25) is 4.98 Å². The minimum atomic E-state index is 0.169. The van der Waals surface area contributed by atoms with Crippen molar-refractivity contribution in [2.75, 3.05) is 0 Å². The summed E-state index contributed by atoms with van der Waals surface area (Å²) in [5, 5.41) is 10.2. The Bertz CT molecular complexity index is 843. The predicted octanol–water partition coefficient (Wildman–Crippen LogP) is 2.80. The van der Waals surface area contributed by atoms with E-state index in [1.807, 2.05) is 6.07 Å². The number of nitrogens with zero attached hydrogens (tertiary/aromatic N) is 5. The Kier molecular flexibility index (Phi) is 2.65. The second-order valence-electron chi connectivity index (χ2n) is 3.94. The van der Waals surface area contributed by atoms with Gasteiger partial charge >= 0.3 is 0 Å². The molecule has 0 radical (unpaired) electrons. The number of pyridine rings is 1. The van der Waals surface area contributed by atoms with Gasteiger partial charge in [-0.2, -0.15) is 5.26 Å². The highest BCUT2D eigenvalue weighted by Gasteiger charge is 2.15. The van der Waals surface area contributed by atoms with Gasteiger partial charge in [-0.1, -0.05) is 18.2 Å². The average Bonchev–Trinajstić information content (AvgIpc) is 2.75. The number of halogens is 1. The van der Waals surface area contributed by atoms with Crippen molar-refractivity contribution < 1.29 is 0 Å². The van der Waals surface area contributed by atoms with Crippen LogP contribution in [0.1, 0.15) is 5.69 Å². The SMILES string of the molecule is C=Cc1cc2c3ncnc(Cl)c3n(CC#N)c2cn1. The van der Waals surface area contributed by atoms with Crippen LogP contribution in [0.5, 0.6) is 0 Å². The number of fused-ring (bicyclic) bond motifs is 3. The molecule has 0 fully saturated rings. The number of hydrogen-bond acceptors (Lipinski definition) is 4. The summed E-state index contributed by atoms with van der Waals surface area (Å²) >= 11 is 6.12. The lowest BCUT2D eigenvalue weighted by Gasteiger charge is -2.01. The molecule has 3 heterocycles.